The Labute approximate surface area is 171 Å². The van der Waals surface area contributed by atoms with Gasteiger partial charge >= 0.3 is 5.97 Å². The van der Waals surface area contributed by atoms with Gasteiger partial charge in [0.1, 0.15) is 11.7 Å². The van der Waals surface area contributed by atoms with Gasteiger partial charge < -0.3 is 15.7 Å². The molecule has 3 N–H and O–H groups in total. The fraction of sp³-hybridized carbons (Fsp3) is 0.190. The van der Waals surface area contributed by atoms with Crippen LogP contribution in [-0.4, -0.2) is 28.9 Å². The van der Waals surface area contributed by atoms with E-state index < -0.39 is 23.8 Å². The van der Waals surface area contributed by atoms with Crippen molar-refractivity contribution in [1.29, 1.82) is 0 Å². The monoisotopic (exact) mass is 444 g/mol. The molecule has 0 radical (unpaired) electrons. The first kappa shape index (κ1) is 21.4. The van der Waals surface area contributed by atoms with E-state index in [1.165, 1.54) is 6.08 Å². The number of rotatable bonds is 7. The molecule has 0 heterocycles. The molecule has 0 aromatic heterocycles. The quantitative estimate of drug-likeness (QED) is 0.569. The number of hydrogen-bond acceptors (Lipinski definition) is 3. The molecule has 1 atom stereocenters. The molecular weight excluding hydrogens is 424 g/mol. The third-order valence-corrected chi connectivity index (χ3v) is 4.46. The highest BCUT2D eigenvalue weighted by Gasteiger charge is 2.25. The van der Waals surface area contributed by atoms with Crippen LogP contribution in [0.2, 0.25) is 0 Å². The number of carbonyl (C=O) groups is 3. The summed E-state index contributed by atoms with van der Waals surface area (Å²) >= 11 is 3.34. The van der Waals surface area contributed by atoms with Crippen LogP contribution < -0.4 is 10.6 Å². The topological polar surface area (TPSA) is 95.5 Å². The lowest BCUT2D eigenvalue weighted by Gasteiger charge is -2.19. The van der Waals surface area contributed by atoms with E-state index in [2.05, 4.69) is 26.6 Å². The van der Waals surface area contributed by atoms with Crippen LogP contribution in [0.25, 0.3) is 6.08 Å². The highest BCUT2D eigenvalue weighted by Crippen LogP contribution is 2.14. The van der Waals surface area contributed by atoms with Crippen molar-refractivity contribution < 1.29 is 19.5 Å². The molecule has 2 rings (SSSR count). The van der Waals surface area contributed by atoms with E-state index in [-0.39, 0.29) is 11.6 Å². The van der Waals surface area contributed by atoms with Crippen molar-refractivity contribution in [2.24, 2.45) is 5.92 Å². The molecule has 0 aliphatic heterocycles. The highest BCUT2D eigenvalue weighted by atomic mass is 79.9. The van der Waals surface area contributed by atoms with Crippen molar-refractivity contribution in [2.75, 3.05) is 0 Å². The molecule has 6 nitrogen and oxygen atoms in total. The van der Waals surface area contributed by atoms with Crippen LogP contribution in [0.4, 0.5) is 0 Å². The standard InChI is InChI=1S/C21H21BrN2O4/c1-13(2)18(21(27)28)24-20(26)17(12-14-8-10-16(22)11-9-14)23-19(25)15-6-4-3-5-7-15/h3-13,18H,1-2H3,(H,23,25)(H,24,26)(H,27,28)/b17-12+/t18-/m1/s1. The van der Waals surface area contributed by atoms with Crippen LogP contribution in [-0.2, 0) is 9.59 Å². The molecule has 0 fully saturated rings. The van der Waals surface area contributed by atoms with Crippen molar-refractivity contribution in [3.63, 3.8) is 0 Å². The van der Waals surface area contributed by atoms with E-state index in [9.17, 15) is 19.5 Å². The summed E-state index contributed by atoms with van der Waals surface area (Å²) in [5.74, 6) is -2.59. The highest BCUT2D eigenvalue weighted by molar-refractivity contribution is 9.10. The number of carbonyl (C=O) groups excluding carboxylic acids is 2. The van der Waals surface area contributed by atoms with Gasteiger partial charge in [-0.05, 0) is 41.8 Å². The molecule has 2 aromatic carbocycles. The van der Waals surface area contributed by atoms with Gasteiger partial charge in [-0.1, -0.05) is 60.1 Å². The smallest absolute Gasteiger partial charge is 0.326 e. The fourth-order valence-corrected chi connectivity index (χ4v) is 2.66. The van der Waals surface area contributed by atoms with Gasteiger partial charge in [-0.2, -0.15) is 0 Å². The number of amides is 2. The third kappa shape index (κ3) is 6.06. The molecule has 0 saturated heterocycles. The Morgan fingerprint density at radius 1 is 1.00 bits per heavy atom. The zero-order valence-corrected chi connectivity index (χ0v) is 17.1. The second-order valence-electron chi connectivity index (χ2n) is 6.46. The normalized spacial score (nSPS) is 12.4. The minimum absolute atomic E-state index is 0.0388. The fourth-order valence-electron chi connectivity index (χ4n) is 2.40. The van der Waals surface area contributed by atoms with Crippen LogP contribution in [0.1, 0.15) is 29.8 Å². The number of carboxylic acids is 1. The average molecular weight is 445 g/mol. The van der Waals surface area contributed by atoms with Crippen molar-refractivity contribution in [2.45, 2.75) is 19.9 Å². The maximum Gasteiger partial charge on any atom is 0.326 e. The summed E-state index contributed by atoms with van der Waals surface area (Å²) in [5.41, 5.74) is 1.02. The summed E-state index contributed by atoms with van der Waals surface area (Å²) < 4.78 is 0.870. The molecule has 0 aliphatic carbocycles. The van der Waals surface area contributed by atoms with Crippen LogP contribution in [0.3, 0.4) is 0 Å². The first-order valence-electron chi connectivity index (χ1n) is 8.65. The van der Waals surface area contributed by atoms with E-state index in [0.29, 0.717) is 11.1 Å². The zero-order chi connectivity index (χ0) is 20.7. The summed E-state index contributed by atoms with van der Waals surface area (Å²) in [5, 5.41) is 14.4. The maximum absolute atomic E-state index is 12.7. The van der Waals surface area contributed by atoms with Gasteiger partial charge in [0.2, 0.25) is 0 Å². The van der Waals surface area contributed by atoms with Crippen molar-refractivity contribution in [1.82, 2.24) is 10.6 Å². The predicted octanol–water partition coefficient (Wildman–Crippen LogP) is 3.45. The third-order valence-electron chi connectivity index (χ3n) is 3.93. The lowest BCUT2D eigenvalue weighted by atomic mass is 10.0. The predicted molar refractivity (Wildman–Crippen MR) is 110 cm³/mol. The van der Waals surface area contributed by atoms with Gasteiger partial charge in [-0.15, -0.1) is 0 Å². The number of halogens is 1. The van der Waals surface area contributed by atoms with E-state index in [1.54, 1.807) is 68.4 Å². The Bertz CT molecular complexity index is 877. The van der Waals surface area contributed by atoms with E-state index in [4.69, 9.17) is 0 Å². The lowest BCUT2D eigenvalue weighted by Crippen LogP contribution is -2.47. The first-order valence-corrected chi connectivity index (χ1v) is 9.44. The van der Waals surface area contributed by atoms with Gasteiger partial charge in [0.25, 0.3) is 11.8 Å². The average Bonchev–Trinajstić information content (AvgIpc) is 2.67. The number of carboxylic acid groups (broad SMARTS) is 1. The Morgan fingerprint density at radius 2 is 1.61 bits per heavy atom. The molecule has 2 amide bonds. The molecule has 0 saturated carbocycles. The van der Waals surface area contributed by atoms with E-state index in [1.807, 2.05) is 0 Å². The number of hydrogen-bond donors (Lipinski definition) is 3. The van der Waals surface area contributed by atoms with Crippen molar-refractivity contribution in [3.8, 4) is 0 Å². The molecule has 0 spiro atoms. The minimum atomic E-state index is -1.14. The van der Waals surface area contributed by atoms with Gasteiger partial charge in [0.15, 0.2) is 0 Å². The number of aliphatic carboxylic acids is 1. The van der Waals surface area contributed by atoms with Gasteiger partial charge in [-0.25, -0.2) is 4.79 Å². The first-order chi connectivity index (χ1) is 13.3. The van der Waals surface area contributed by atoms with Crippen LogP contribution in [0.5, 0.6) is 0 Å². The van der Waals surface area contributed by atoms with Gasteiger partial charge in [0.05, 0.1) is 0 Å². The largest absolute Gasteiger partial charge is 0.480 e. The molecular formula is C21H21BrN2O4. The minimum Gasteiger partial charge on any atom is -0.480 e. The molecule has 28 heavy (non-hydrogen) atoms. The molecule has 0 bridgehead atoms. The van der Waals surface area contributed by atoms with Gasteiger partial charge in [-0.3, -0.25) is 9.59 Å². The van der Waals surface area contributed by atoms with Crippen LogP contribution in [0, 0.1) is 5.92 Å². The maximum atomic E-state index is 12.7. The Morgan fingerprint density at radius 3 is 2.14 bits per heavy atom. The lowest BCUT2D eigenvalue weighted by molar-refractivity contribution is -0.142. The Balaban J connectivity index is 2.32. The second kappa shape index (κ2) is 9.85. The summed E-state index contributed by atoms with van der Waals surface area (Å²) in [6, 6.07) is 14.5. The Hall–Kier alpha value is -2.93. The molecule has 146 valence electrons. The molecule has 2 aromatic rings. The molecule has 7 heteroatoms. The Kier molecular flexibility index (Phi) is 7.52. The van der Waals surface area contributed by atoms with Crippen LogP contribution >= 0.6 is 15.9 Å². The van der Waals surface area contributed by atoms with Crippen LogP contribution in [0.15, 0.2) is 64.8 Å². The van der Waals surface area contributed by atoms with Gasteiger partial charge in [0, 0.05) is 10.0 Å². The summed E-state index contributed by atoms with van der Waals surface area (Å²) in [6.45, 7) is 3.39. The molecule has 0 unspecified atom stereocenters. The van der Waals surface area contributed by atoms with E-state index >= 15 is 0 Å². The second-order valence-corrected chi connectivity index (χ2v) is 7.38. The van der Waals surface area contributed by atoms with Crippen molar-refractivity contribution >= 4 is 39.8 Å². The number of nitrogens with one attached hydrogen (secondary N) is 2. The molecule has 0 aliphatic rings. The summed E-state index contributed by atoms with van der Waals surface area (Å²) in [6.07, 6.45) is 1.50. The van der Waals surface area contributed by atoms with Crippen molar-refractivity contribution in [3.05, 3.63) is 75.9 Å². The summed E-state index contributed by atoms with van der Waals surface area (Å²) in [4.78, 5) is 36.6. The SMILES string of the molecule is CC(C)[C@@H](NC(=O)/C(=C\c1ccc(Br)cc1)NC(=O)c1ccccc1)C(=O)O. The number of benzene rings is 2. The summed E-state index contributed by atoms with van der Waals surface area (Å²) in [7, 11) is 0. The zero-order valence-electron chi connectivity index (χ0n) is 15.5. The van der Waals surface area contributed by atoms with E-state index in [0.717, 1.165) is 4.47 Å².